The molecule has 0 spiro atoms. The number of hydrogen-bond donors (Lipinski definition) is 0. The first kappa shape index (κ1) is 17.9. The molecule has 0 fully saturated rings. The molecule has 0 amide bonds. The van der Waals surface area contributed by atoms with Crippen molar-refractivity contribution in [3.8, 4) is 0 Å². The minimum absolute atomic E-state index is 0.0882. The maximum Gasteiger partial charge on any atom is 0.348 e. The number of aromatic nitrogens is 3. The zero-order valence-electron chi connectivity index (χ0n) is 14.3. The smallest absolute Gasteiger partial charge is 0.348 e. The van der Waals surface area contributed by atoms with E-state index >= 15 is 0 Å². The lowest BCUT2D eigenvalue weighted by Gasteiger charge is -2.06. The molecule has 0 unspecified atom stereocenters. The zero-order chi connectivity index (χ0) is 19.1. The topological polar surface area (TPSA) is 76.8 Å². The lowest BCUT2D eigenvalue weighted by molar-refractivity contribution is 0.0473. The van der Waals surface area contributed by atoms with Gasteiger partial charge in [-0.3, -0.25) is 9.20 Å². The van der Waals surface area contributed by atoms with Gasteiger partial charge in [0, 0.05) is 26.4 Å². The van der Waals surface area contributed by atoms with Gasteiger partial charge in [-0.25, -0.2) is 14.8 Å². The summed E-state index contributed by atoms with van der Waals surface area (Å²) in [6.07, 6.45) is 1.50. The summed E-state index contributed by atoms with van der Waals surface area (Å²) in [5.74, 6) is -0.463. The van der Waals surface area contributed by atoms with Crippen LogP contribution < -0.4 is 10.5 Å². The van der Waals surface area contributed by atoms with E-state index in [1.807, 2.05) is 19.0 Å². The molecule has 0 bridgehead atoms. The standard InChI is InChI=1S/C17H13ClN4O3S2/c1-21(2)17-20-15-11(27-17)6-12(26-15)16(24)25-8-10-5-14(23)22-7-9(18)3-4-13(22)19-10/h3-7H,8H2,1-2H3. The number of thiazole rings is 1. The van der Waals surface area contributed by atoms with E-state index in [2.05, 4.69) is 9.97 Å². The molecule has 138 valence electrons. The van der Waals surface area contributed by atoms with Crippen molar-refractivity contribution in [3.63, 3.8) is 0 Å². The predicted octanol–water partition coefficient (Wildman–Crippen LogP) is 3.44. The third-order valence-electron chi connectivity index (χ3n) is 3.69. The van der Waals surface area contributed by atoms with Gasteiger partial charge in [0.25, 0.3) is 5.56 Å². The maximum absolute atomic E-state index is 12.3. The molecular formula is C17H13ClN4O3S2. The largest absolute Gasteiger partial charge is 0.455 e. The van der Waals surface area contributed by atoms with Crippen molar-refractivity contribution < 1.29 is 9.53 Å². The number of fused-ring (bicyclic) bond motifs is 2. The molecule has 4 rings (SSSR count). The summed E-state index contributed by atoms with van der Waals surface area (Å²) in [6, 6.07) is 6.38. The Bertz CT molecular complexity index is 1200. The van der Waals surface area contributed by atoms with Gasteiger partial charge in [0.05, 0.1) is 15.4 Å². The average Bonchev–Trinajstić information content (AvgIpc) is 3.19. The van der Waals surface area contributed by atoms with Crippen LogP contribution in [-0.4, -0.2) is 34.4 Å². The highest BCUT2D eigenvalue weighted by Crippen LogP contribution is 2.34. The predicted molar refractivity (Wildman–Crippen MR) is 107 cm³/mol. The van der Waals surface area contributed by atoms with Crippen LogP contribution >= 0.6 is 34.3 Å². The summed E-state index contributed by atoms with van der Waals surface area (Å²) >= 11 is 8.69. The third kappa shape index (κ3) is 3.53. The second kappa shape index (κ2) is 6.91. The summed E-state index contributed by atoms with van der Waals surface area (Å²) in [4.78, 5) is 36.5. The van der Waals surface area contributed by atoms with Gasteiger partial charge in [0.1, 0.15) is 22.0 Å². The minimum Gasteiger partial charge on any atom is -0.455 e. The number of nitrogens with zero attached hydrogens (tertiary/aromatic N) is 4. The van der Waals surface area contributed by atoms with Crippen molar-refractivity contribution in [1.29, 1.82) is 0 Å². The first-order valence-corrected chi connectivity index (χ1v) is 9.84. The number of hydrogen-bond acceptors (Lipinski definition) is 8. The summed E-state index contributed by atoms with van der Waals surface area (Å²) in [5, 5.41) is 1.33. The molecule has 0 aliphatic rings. The second-order valence-electron chi connectivity index (χ2n) is 5.91. The van der Waals surface area contributed by atoms with Crippen LogP contribution in [-0.2, 0) is 11.3 Å². The quantitative estimate of drug-likeness (QED) is 0.471. The molecule has 0 atom stereocenters. The molecule has 4 heterocycles. The fraction of sp³-hybridized carbons (Fsp3) is 0.176. The third-order valence-corrected chi connectivity index (χ3v) is 6.22. The van der Waals surface area contributed by atoms with E-state index in [-0.39, 0.29) is 12.2 Å². The highest BCUT2D eigenvalue weighted by Gasteiger charge is 2.16. The summed E-state index contributed by atoms with van der Waals surface area (Å²) < 4.78 is 7.60. The number of esters is 1. The fourth-order valence-corrected chi connectivity index (χ4v) is 4.61. The summed E-state index contributed by atoms with van der Waals surface area (Å²) in [7, 11) is 3.84. The van der Waals surface area contributed by atoms with Crippen LogP contribution in [0, 0.1) is 0 Å². The van der Waals surface area contributed by atoms with E-state index in [9.17, 15) is 9.59 Å². The number of ether oxygens (including phenoxy) is 1. The highest BCUT2D eigenvalue weighted by atomic mass is 35.5. The highest BCUT2D eigenvalue weighted by molar-refractivity contribution is 7.29. The van der Waals surface area contributed by atoms with Gasteiger partial charge in [-0.1, -0.05) is 22.9 Å². The molecule has 0 aliphatic carbocycles. The molecule has 0 saturated heterocycles. The molecule has 10 heteroatoms. The first-order valence-electron chi connectivity index (χ1n) is 7.83. The number of carbonyl (C=O) groups excluding carboxylic acids is 1. The van der Waals surface area contributed by atoms with Crippen LogP contribution in [0.4, 0.5) is 5.13 Å². The summed E-state index contributed by atoms with van der Waals surface area (Å²) in [6.45, 7) is -0.0882. The van der Waals surface area contributed by atoms with Gasteiger partial charge < -0.3 is 9.64 Å². The van der Waals surface area contributed by atoms with E-state index in [0.29, 0.717) is 21.2 Å². The Morgan fingerprint density at radius 3 is 2.81 bits per heavy atom. The van der Waals surface area contributed by atoms with Crippen molar-refractivity contribution >= 4 is 60.6 Å². The molecular weight excluding hydrogens is 408 g/mol. The van der Waals surface area contributed by atoms with Crippen molar-refractivity contribution in [2.24, 2.45) is 0 Å². The van der Waals surface area contributed by atoms with E-state index in [4.69, 9.17) is 16.3 Å². The molecule has 0 saturated carbocycles. The number of thiophene rings is 1. The van der Waals surface area contributed by atoms with Gasteiger partial charge in [0.15, 0.2) is 5.13 Å². The molecule has 7 nitrogen and oxygen atoms in total. The minimum atomic E-state index is -0.463. The Balaban J connectivity index is 1.52. The van der Waals surface area contributed by atoms with Crippen LogP contribution in [0.15, 0.2) is 35.3 Å². The number of halogens is 1. The van der Waals surface area contributed by atoms with Crippen molar-refractivity contribution in [3.05, 3.63) is 56.4 Å². The zero-order valence-corrected chi connectivity index (χ0v) is 16.7. The van der Waals surface area contributed by atoms with E-state index < -0.39 is 5.97 Å². The van der Waals surface area contributed by atoms with E-state index in [1.165, 1.54) is 39.3 Å². The van der Waals surface area contributed by atoms with Gasteiger partial charge in [-0.2, -0.15) is 0 Å². The Kier molecular flexibility index (Phi) is 4.58. The molecule has 27 heavy (non-hydrogen) atoms. The molecule has 4 aromatic rings. The van der Waals surface area contributed by atoms with Gasteiger partial charge >= 0.3 is 5.97 Å². The first-order chi connectivity index (χ1) is 12.9. The van der Waals surface area contributed by atoms with Crippen molar-refractivity contribution in [2.45, 2.75) is 6.61 Å². The van der Waals surface area contributed by atoms with E-state index in [0.717, 1.165) is 14.7 Å². The monoisotopic (exact) mass is 420 g/mol. The summed E-state index contributed by atoms with van der Waals surface area (Å²) in [5.41, 5.74) is 0.530. The Hall–Kier alpha value is -2.49. The normalized spacial score (nSPS) is 11.2. The molecule has 0 radical (unpaired) electrons. The van der Waals surface area contributed by atoms with Crippen LogP contribution in [0.25, 0.3) is 15.2 Å². The van der Waals surface area contributed by atoms with Crippen LogP contribution in [0.5, 0.6) is 0 Å². The molecule has 4 aromatic heterocycles. The Morgan fingerprint density at radius 2 is 2.07 bits per heavy atom. The van der Waals surface area contributed by atoms with Crippen LogP contribution in [0.1, 0.15) is 15.4 Å². The number of rotatable bonds is 4. The lowest BCUT2D eigenvalue weighted by atomic mass is 10.4. The van der Waals surface area contributed by atoms with Crippen molar-refractivity contribution in [2.75, 3.05) is 19.0 Å². The van der Waals surface area contributed by atoms with Gasteiger partial charge in [-0.05, 0) is 18.2 Å². The van der Waals surface area contributed by atoms with Crippen molar-refractivity contribution in [1.82, 2.24) is 14.4 Å². The molecule has 0 N–H and O–H groups in total. The second-order valence-corrected chi connectivity index (χ2v) is 8.38. The number of pyridine rings is 1. The van der Waals surface area contributed by atoms with Gasteiger partial charge in [0.2, 0.25) is 0 Å². The molecule has 0 aromatic carbocycles. The van der Waals surface area contributed by atoms with E-state index in [1.54, 1.807) is 18.2 Å². The maximum atomic E-state index is 12.3. The number of carbonyl (C=O) groups is 1. The lowest BCUT2D eigenvalue weighted by Crippen LogP contribution is -2.16. The van der Waals surface area contributed by atoms with Crippen LogP contribution in [0.3, 0.4) is 0 Å². The van der Waals surface area contributed by atoms with Gasteiger partial charge in [-0.15, -0.1) is 11.3 Å². The SMILES string of the molecule is CN(C)c1nc2sc(C(=O)OCc3cc(=O)n4cc(Cl)ccc4n3)cc2s1. The molecule has 0 aliphatic heterocycles. The fourth-order valence-electron chi connectivity index (χ4n) is 2.43. The number of anilines is 1. The Labute approximate surface area is 166 Å². The van der Waals surface area contributed by atoms with Crippen LogP contribution in [0.2, 0.25) is 5.02 Å². The average molecular weight is 421 g/mol. The Morgan fingerprint density at radius 1 is 1.26 bits per heavy atom.